The molecule has 1 saturated heterocycles. The van der Waals surface area contributed by atoms with Crippen LogP contribution in [0.1, 0.15) is 34.8 Å². The van der Waals surface area contributed by atoms with Gasteiger partial charge in [0, 0.05) is 12.7 Å². The fourth-order valence-electron chi connectivity index (χ4n) is 2.74. The van der Waals surface area contributed by atoms with E-state index in [1.54, 1.807) is 17.0 Å². The summed E-state index contributed by atoms with van der Waals surface area (Å²) in [5, 5.41) is 0. The molecule has 1 amide bonds. The molecule has 2 heterocycles. The zero-order valence-electron chi connectivity index (χ0n) is 11.3. The number of hydrogen-bond acceptors (Lipinski definition) is 2. The van der Waals surface area contributed by atoms with Crippen LogP contribution in [0.2, 0.25) is 0 Å². The first-order valence-corrected chi connectivity index (χ1v) is 6.83. The molecule has 5 heteroatoms. The van der Waals surface area contributed by atoms with Gasteiger partial charge in [0.1, 0.15) is 5.82 Å². The minimum absolute atomic E-state index is 0.0269. The molecule has 0 aliphatic carbocycles. The van der Waals surface area contributed by atoms with E-state index in [-0.39, 0.29) is 23.3 Å². The van der Waals surface area contributed by atoms with Crippen LogP contribution in [0.25, 0.3) is 0 Å². The van der Waals surface area contributed by atoms with Gasteiger partial charge in [-0.1, -0.05) is 12.1 Å². The van der Waals surface area contributed by atoms with Crippen LogP contribution >= 0.6 is 0 Å². The fourth-order valence-corrected chi connectivity index (χ4v) is 2.74. The van der Waals surface area contributed by atoms with Crippen LogP contribution in [0, 0.1) is 11.6 Å². The summed E-state index contributed by atoms with van der Waals surface area (Å²) in [6, 6.07) is 7.36. The van der Waals surface area contributed by atoms with Crippen molar-refractivity contribution in [1.82, 2.24) is 9.88 Å². The molecule has 1 aromatic carbocycles. The van der Waals surface area contributed by atoms with Crippen molar-refractivity contribution in [2.45, 2.75) is 18.9 Å². The van der Waals surface area contributed by atoms with E-state index in [0.717, 1.165) is 24.6 Å². The lowest BCUT2D eigenvalue weighted by Crippen LogP contribution is -2.31. The lowest BCUT2D eigenvalue weighted by atomic mass is 10.0. The maximum atomic E-state index is 13.7. The molecule has 0 unspecified atom stereocenters. The highest BCUT2D eigenvalue weighted by Gasteiger charge is 2.31. The van der Waals surface area contributed by atoms with Crippen LogP contribution < -0.4 is 0 Å². The number of carbonyl (C=O) groups is 1. The minimum atomic E-state index is -0.618. The molecule has 1 aliphatic rings. The average Bonchev–Trinajstić information content (AvgIpc) is 2.97. The number of amides is 1. The van der Waals surface area contributed by atoms with E-state index >= 15 is 0 Å². The van der Waals surface area contributed by atoms with Gasteiger partial charge < -0.3 is 4.90 Å². The number of aromatic nitrogens is 1. The van der Waals surface area contributed by atoms with E-state index in [2.05, 4.69) is 4.98 Å². The Morgan fingerprint density at radius 2 is 1.95 bits per heavy atom. The second kappa shape index (κ2) is 5.60. The lowest BCUT2D eigenvalue weighted by molar-refractivity contribution is 0.0730. The average molecular weight is 288 g/mol. The Bertz CT molecular complexity index is 658. The van der Waals surface area contributed by atoms with Gasteiger partial charge in [-0.05, 0) is 36.6 Å². The fraction of sp³-hybridized carbons (Fsp3) is 0.250. The van der Waals surface area contributed by atoms with Crippen molar-refractivity contribution in [3.8, 4) is 0 Å². The van der Waals surface area contributed by atoms with Crippen molar-refractivity contribution in [2.75, 3.05) is 6.54 Å². The standard InChI is InChI=1S/C16H14F2N2O/c17-12-5-3-11(4-6-12)15-2-1-9-20(15)16(21)13-7-8-19-10-14(13)18/h3-8,10,15H,1-2,9H2/t15-/m1/s1. The number of hydrogen-bond donors (Lipinski definition) is 0. The molecule has 21 heavy (non-hydrogen) atoms. The smallest absolute Gasteiger partial charge is 0.257 e. The van der Waals surface area contributed by atoms with Gasteiger partial charge in [-0.2, -0.15) is 0 Å². The number of carbonyl (C=O) groups excluding carboxylic acids is 1. The summed E-state index contributed by atoms with van der Waals surface area (Å²) in [5.41, 5.74) is 0.899. The maximum Gasteiger partial charge on any atom is 0.257 e. The molecule has 2 aromatic rings. The number of nitrogens with zero attached hydrogens (tertiary/aromatic N) is 2. The van der Waals surface area contributed by atoms with E-state index in [4.69, 9.17) is 0 Å². The molecule has 0 spiro atoms. The summed E-state index contributed by atoms with van der Waals surface area (Å²) in [6.45, 7) is 0.572. The third-order valence-corrected chi connectivity index (χ3v) is 3.77. The highest BCUT2D eigenvalue weighted by molar-refractivity contribution is 5.94. The minimum Gasteiger partial charge on any atom is -0.332 e. The highest BCUT2D eigenvalue weighted by atomic mass is 19.1. The normalized spacial score (nSPS) is 18.0. The van der Waals surface area contributed by atoms with Crippen molar-refractivity contribution in [2.24, 2.45) is 0 Å². The summed E-state index contributed by atoms with van der Waals surface area (Å²) >= 11 is 0. The Hall–Kier alpha value is -2.30. The summed E-state index contributed by atoms with van der Waals surface area (Å²) in [7, 11) is 0. The Kier molecular flexibility index (Phi) is 3.64. The number of pyridine rings is 1. The van der Waals surface area contributed by atoms with Crippen LogP contribution in [0.15, 0.2) is 42.7 Å². The second-order valence-corrected chi connectivity index (χ2v) is 5.06. The van der Waals surface area contributed by atoms with Gasteiger partial charge in [0.2, 0.25) is 0 Å². The third-order valence-electron chi connectivity index (χ3n) is 3.77. The quantitative estimate of drug-likeness (QED) is 0.849. The first-order chi connectivity index (χ1) is 10.2. The number of halogens is 2. The zero-order chi connectivity index (χ0) is 14.8. The third kappa shape index (κ3) is 2.63. The molecular weight excluding hydrogens is 274 g/mol. The molecule has 0 N–H and O–H groups in total. The molecule has 0 saturated carbocycles. The molecule has 108 valence electrons. The number of rotatable bonds is 2. The lowest BCUT2D eigenvalue weighted by Gasteiger charge is -2.25. The van der Waals surface area contributed by atoms with Crippen molar-refractivity contribution in [3.05, 3.63) is 65.5 Å². The van der Waals surface area contributed by atoms with Crippen LogP contribution in [0.3, 0.4) is 0 Å². The summed E-state index contributed by atoms with van der Waals surface area (Å²) < 4.78 is 26.7. The SMILES string of the molecule is O=C(c1ccncc1F)N1CCC[C@@H]1c1ccc(F)cc1. The first-order valence-electron chi connectivity index (χ1n) is 6.83. The van der Waals surface area contributed by atoms with Crippen LogP contribution in [0.4, 0.5) is 8.78 Å². The van der Waals surface area contributed by atoms with Crippen LogP contribution in [0.5, 0.6) is 0 Å². The molecule has 1 fully saturated rings. The van der Waals surface area contributed by atoms with E-state index < -0.39 is 5.82 Å². The van der Waals surface area contributed by atoms with E-state index in [9.17, 15) is 13.6 Å². The van der Waals surface area contributed by atoms with Crippen molar-refractivity contribution < 1.29 is 13.6 Å². The number of benzene rings is 1. The molecule has 1 atom stereocenters. The molecule has 0 radical (unpaired) electrons. The van der Waals surface area contributed by atoms with E-state index in [0.29, 0.717) is 6.54 Å². The van der Waals surface area contributed by atoms with Crippen molar-refractivity contribution in [1.29, 1.82) is 0 Å². The predicted octanol–water partition coefficient (Wildman–Crippen LogP) is 3.34. The topological polar surface area (TPSA) is 33.2 Å². The van der Waals surface area contributed by atoms with Crippen molar-refractivity contribution >= 4 is 5.91 Å². The Morgan fingerprint density at radius 3 is 2.67 bits per heavy atom. The van der Waals surface area contributed by atoms with E-state index in [1.165, 1.54) is 24.4 Å². The van der Waals surface area contributed by atoms with Gasteiger partial charge >= 0.3 is 0 Å². The Balaban J connectivity index is 1.89. The summed E-state index contributed by atoms with van der Waals surface area (Å²) in [5.74, 6) is -1.27. The summed E-state index contributed by atoms with van der Waals surface area (Å²) in [4.78, 5) is 17.8. The Labute approximate surface area is 121 Å². The molecular formula is C16H14F2N2O. The van der Waals surface area contributed by atoms with Crippen LogP contribution in [-0.4, -0.2) is 22.3 Å². The Morgan fingerprint density at radius 1 is 1.19 bits per heavy atom. The van der Waals surface area contributed by atoms with Gasteiger partial charge in [0.05, 0.1) is 17.8 Å². The van der Waals surface area contributed by atoms with E-state index in [1.807, 2.05) is 0 Å². The highest BCUT2D eigenvalue weighted by Crippen LogP contribution is 2.33. The predicted molar refractivity (Wildman–Crippen MR) is 73.6 cm³/mol. The van der Waals surface area contributed by atoms with Gasteiger partial charge in [-0.25, -0.2) is 8.78 Å². The molecule has 1 aliphatic heterocycles. The van der Waals surface area contributed by atoms with Gasteiger partial charge in [-0.3, -0.25) is 9.78 Å². The molecule has 0 bridgehead atoms. The second-order valence-electron chi connectivity index (χ2n) is 5.06. The zero-order valence-corrected chi connectivity index (χ0v) is 11.3. The number of likely N-dealkylation sites (tertiary alicyclic amines) is 1. The van der Waals surface area contributed by atoms with Gasteiger partial charge in [0.25, 0.3) is 5.91 Å². The molecule has 3 nitrogen and oxygen atoms in total. The van der Waals surface area contributed by atoms with Crippen LogP contribution in [-0.2, 0) is 0 Å². The van der Waals surface area contributed by atoms with Crippen molar-refractivity contribution in [3.63, 3.8) is 0 Å². The van der Waals surface area contributed by atoms with Gasteiger partial charge in [0.15, 0.2) is 5.82 Å². The maximum absolute atomic E-state index is 13.7. The van der Waals surface area contributed by atoms with Gasteiger partial charge in [-0.15, -0.1) is 0 Å². The first kappa shape index (κ1) is 13.7. The molecule has 1 aromatic heterocycles. The molecule has 3 rings (SSSR count). The summed E-state index contributed by atoms with van der Waals surface area (Å²) in [6.07, 6.45) is 4.08. The monoisotopic (exact) mass is 288 g/mol. The largest absolute Gasteiger partial charge is 0.332 e.